The Morgan fingerprint density at radius 3 is 3.06 bits per heavy atom. The highest BCUT2D eigenvalue weighted by molar-refractivity contribution is 5.87. The molecule has 0 spiro atoms. The molecule has 4 rings (SSSR count). The monoisotopic (exact) mass is 239 g/mol. The van der Waals surface area contributed by atoms with Crippen molar-refractivity contribution in [3.05, 3.63) is 35.7 Å². The Morgan fingerprint density at radius 1 is 1.33 bits per heavy atom. The Balaban J connectivity index is 1.86. The Bertz CT molecular complexity index is 722. The van der Waals surface area contributed by atoms with E-state index in [1.807, 2.05) is 12.3 Å². The molecule has 0 amide bonds. The standard InChI is InChI=1S/C14H13N3O/c1-8-10(4-5-12-11(8)7-15-16-12)14-6-13(17-18-14)9-2-3-9/h4-7,9H,2-3H2,1H3,(H,15,16). The van der Waals surface area contributed by atoms with E-state index in [2.05, 4.69) is 34.4 Å². The maximum absolute atomic E-state index is 5.48. The molecule has 2 aromatic heterocycles. The summed E-state index contributed by atoms with van der Waals surface area (Å²) in [5.41, 5.74) is 4.43. The number of fused-ring (bicyclic) bond motifs is 1. The number of hydrogen-bond acceptors (Lipinski definition) is 3. The Kier molecular flexibility index (Phi) is 1.89. The summed E-state index contributed by atoms with van der Waals surface area (Å²) in [6.45, 7) is 2.09. The van der Waals surface area contributed by atoms with Crippen LogP contribution in [-0.2, 0) is 0 Å². The van der Waals surface area contributed by atoms with Gasteiger partial charge in [0, 0.05) is 22.9 Å². The first-order chi connectivity index (χ1) is 8.83. The van der Waals surface area contributed by atoms with Gasteiger partial charge in [0.15, 0.2) is 5.76 Å². The molecule has 1 aliphatic carbocycles. The largest absolute Gasteiger partial charge is 0.356 e. The lowest BCUT2D eigenvalue weighted by molar-refractivity contribution is 0.423. The maximum atomic E-state index is 5.48. The second-order valence-electron chi connectivity index (χ2n) is 4.96. The van der Waals surface area contributed by atoms with Crippen LogP contribution in [-0.4, -0.2) is 15.4 Å². The van der Waals surface area contributed by atoms with E-state index in [9.17, 15) is 0 Å². The summed E-state index contributed by atoms with van der Waals surface area (Å²) in [5, 5.41) is 12.3. The van der Waals surface area contributed by atoms with E-state index in [1.54, 1.807) is 0 Å². The van der Waals surface area contributed by atoms with Crippen molar-refractivity contribution in [2.75, 3.05) is 0 Å². The van der Waals surface area contributed by atoms with Crippen molar-refractivity contribution >= 4 is 10.9 Å². The van der Waals surface area contributed by atoms with Crippen molar-refractivity contribution in [1.82, 2.24) is 15.4 Å². The van der Waals surface area contributed by atoms with Crippen molar-refractivity contribution in [3.63, 3.8) is 0 Å². The third kappa shape index (κ3) is 1.38. The average Bonchev–Trinajstić information content (AvgIpc) is 2.93. The van der Waals surface area contributed by atoms with Gasteiger partial charge in [-0.25, -0.2) is 0 Å². The molecule has 1 saturated carbocycles. The molecule has 3 aromatic rings. The highest BCUT2D eigenvalue weighted by Gasteiger charge is 2.27. The first kappa shape index (κ1) is 9.88. The minimum Gasteiger partial charge on any atom is -0.356 e. The Labute approximate surface area is 104 Å². The summed E-state index contributed by atoms with van der Waals surface area (Å²) < 4.78 is 5.48. The molecule has 1 aromatic carbocycles. The van der Waals surface area contributed by atoms with E-state index in [4.69, 9.17) is 4.52 Å². The fourth-order valence-corrected chi connectivity index (χ4v) is 2.41. The first-order valence-electron chi connectivity index (χ1n) is 6.22. The van der Waals surface area contributed by atoms with Gasteiger partial charge in [0.25, 0.3) is 0 Å². The number of nitrogens with one attached hydrogen (secondary N) is 1. The third-order valence-corrected chi connectivity index (χ3v) is 3.68. The van der Waals surface area contributed by atoms with Gasteiger partial charge in [-0.1, -0.05) is 5.16 Å². The summed E-state index contributed by atoms with van der Waals surface area (Å²) in [6.07, 6.45) is 4.34. The smallest absolute Gasteiger partial charge is 0.167 e. The van der Waals surface area contributed by atoms with Crippen LogP contribution in [0.15, 0.2) is 28.9 Å². The van der Waals surface area contributed by atoms with Crippen LogP contribution in [0.1, 0.15) is 30.0 Å². The molecule has 0 bridgehead atoms. The van der Waals surface area contributed by atoms with Crippen molar-refractivity contribution in [1.29, 1.82) is 0 Å². The summed E-state index contributed by atoms with van der Waals surface area (Å²) in [4.78, 5) is 0. The first-order valence-corrected chi connectivity index (χ1v) is 6.22. The van der Waals surface area contributed by atoms with E-state index in [0.717, 1.165) is 27.9 Å². The number of aromatic amines is 1. The van der Waals surface area contributed by atoms with Crippen molar-refractivity contribution < 1.29 is 4.52 Å². The van der Waals surface area contributed by atoms with Gasteiger partial charge in [-0.05, 0) is 37.5 Å². The third-order valence-electron chi connectivity index (χ3n) is 3.68. The van der Waals surface area contributed by atoms with E-state index in [1.165, 1.54) is 18.4 Å². The van der Waals surface area contributed by atoms with Crippen molar-refractivity contribution in [2.45, 2.75) is 25.7 Å². The topological polar surface area (TPSA) is 54.7 Å². The number of nitrogens with zero attached hydrogens (tertiary/aromatic N) is 2. The lowest BCUT2D eigenvalue weighted by Crippen LogP contribution is -1.82. The minimum absolute atomic E-state index is 0.625. The van der Waals surface area contributed by atoms with Crippen LogP contribution >= 0.6 is 0 Å². The number of aromatic nitrogens is 3. The fourth-order valence-electron chi connectivity index (χ4n) is 2.41. The van der Waals surface area contributed by atoms with Crippen molar-refractivity contribution in [3.8, 4) is 11.3 Å². The average molecular weight is 239 g/mol. The van der Waals surface area contributed by atoms with Gasteiger partial charge in [0.2, 0.25) is 0 Å². The molecule has 18 heavy (non-hydrogen) atoms. The van der Waals surface area contributed by atoms with Gasteiger partial charge in [-0.15, -0.1) is 0 Å². The fraction of sp³-hybridized carbons (Fsp3) is 0.286. The van der Waals surface area contributed by atoms with Gasteiger partial charge >= 0.3 is 0 Å². The second-order valence-corrected chi connectivity index (χ2v) is 4.96. The van der Waals surface area contributed by atoms with Gasteiger partial charge in [-0.2, -0.15) is 5.10 Å². The molecule has 1 N–H and O–H groups in total. The van der Waals surface area contributed by atoms with Crippen LogP contribution in [0, 0.1) is 6.92 Å². The quantitative estimate of drug-likeness (QED) is 0.745. The van der Waals surface area contributed by atoms with Crippen LogP contribution in [0.5, 0.6) is 0 Å². The van der Waals surface area contributed by atoms with Crippen LogP contribution in [0.2, 0.25) is 0 Å². The SMILES string of the molecule is Cc1c(-c2cc(C3CC3)no2)ccc2[nH]ncc12. The predicted molar refractivity (Wildman–Crippen MR) is 68.3 cm³/mol. The molecule has 4 heteroatoms. The summed E-state index contributed by atoms with van der Waals surface area (Å²) in [6, 6.07) is 6.17. The molecule has 1 fully saturated rings. The van der Waals surface area contributed by atoms with E-state index in [-0.39, 0.29) is 0 Å². The minimum atomic E-state index is 0.625. The predicted octanol–water partition coefficient (Wildman–Crippen LogP) is 3.40. The molecule has 4 nitrogen and oxygen atoms in total. The van der Waals surface area contributed by atoms with Crippen LogP contribution in [0.25, 0.3) is 22.2 Å². The van der Waals surface area contributed by atoms with Gasteiger partial charge < -0.3 is 4.52 Å². The van der Waals surface area contributed by atoms with Crippen LogP contribution in [0.3, 0.4) is 0 Å². The summed E-state index contributed by atoms with van der Waals surface area (Å²) in [7, 11) is 0. The molecule has 0 unspecified atom stereocenters. The normalized spacial score (nSPS) is 15.4. The zero-order valence-corrected chi connectivity index (χ0v) is 10.1. The molecule has 2 heterocycles. The number of H-pyrrole nitrogens is 1. The lowest BCUT2D eigenvalue weighted by Gasteiger charge is -2.02. The van der Waals surface area contributed by atoms with E-state index in [0.29, 0.717) is 5.92 Å². The molecule has 1 aliphatic rings. The molecule has 0 aliphatic heterocycles. The highest BCUT2D eigenvalue weighted by atomic mass is 16.5. The van der Waals surface area contributed by atoms with E-state index >= 15 is 0 Å². The number of benzene rings is 1. The van der Waals surface area contributed by atoms with Gasteiger partial charge in [0.1, 0.15) is 0 Å². The Morgan fingerprint density at radius 2 is 2.22 bits per heavy atom. The maximum Gasteiger partial charge on any atom is 0.167 e. The molecule has 90 valence electrons. The van der Waals surface area contributed by atoms with Crippen molar-refractivity contribution in [2.24, 2.45) is 0 Å². The highest BCUT2D eigenvalue weighted by Crippen LogP contribution is 2.41. The lowest BCUT2D eigenvalue weighted by atomic mass is 10.0. The zero-order chi connectivity index (χ0) is 12.1. The summed E-state index contributed by atoms with van der Waals surface area (Å²) in [5.74, 6) is 1.48. The van der Waals surface area contributed by atoms with Gasteiger partial charge in [-0.3, -0.25) is 5.10 Å². The van der Waals surface area contributed by atoms with Gasteiger partial charge in [0.05, 0.1) is 17.4 Å². The van der Waals surface area contributed by atoms with E-state index < -0.39 is 0 Å². The molecule has 0 saturated heterocycles. The number of hydrogen-bond donors (Lipinski definition) is 1. The molecular formula is C14H13N3O. The second kappa shape index (κ2) is 3.45. The van der Waals surface area contributed by atoms with Crippen LogP contribution in [0.4, 0.5) is 0 Å². The van der Waals surface area contributed by atoms with Crippen LogP contribution < -0.4 is 0 Å². The molecule has 0 atom stereocenters. The number of rotatable bonds is 2. The molecular weight excluding hydrogens is 226 g/mol. The molecule has 0 radical (unpaired) electrons. The number of aryl methyl sites for hydroxylation is 1. The summed E-state index contributed by atoms with van der Waals surface area (Å²) >= 11 is 0. The Hall–Kier alpha value is -2.10. The zero-order valence-electron chi connectivity index (χ0n) is 10.1.